The van der Waals surface area contributed by atoms with Crippen LogP contribution in [0.5, 0.6) is 0 Å². The van der Waals surface area contributed by atoms with Crippen molar-refractivity contribution < 1.29 is 9.09 Å². The maximum absolute atomic E-state index is 9.60. The lowest BCUT2D eigenvalue weighted by atomic mass is 11.8. The molecular weight excluding hydrogens is 107 g/mol. The standard InChI is InChI=1S/CH3O2PS/c1-3-4(2)5/h1H3/p+1. The van der Waals surface area contributed by atoms with Gasteiger partial charge < -0.3 is 0 Å². The zero-order valence-electron chi connectivity index (χ0n) is 2.71. The number of thiol groups is 1. The number of hydrogen-bond acceptors (Lipinski definition) is 2. The highest BCUT2D eigenvalue weighted by Crippen LogP contribution is 2.23. The third kappa shape index (κ3) is 4.41. The molecule has 2 nitrogen and oxygen atoms in total. The molecule has 1 atom stereocenters. The summed E-state index contributed by atoms with van der Waals surface area (Å²) in [6.45, 7) is 0. The molecule has 0 heterocycles. The van der Waals surface area contributed by atoms with Crippen LogP contribution < -0.4 is 0 Å². The van der Waals surface area contributed by atoms with Crippen molar-refractivity contribution in [2.45, 2.75) is 0 Å². The number of hydrogen-bond donors (Lipinski definition) is 1. The predicted octanol–water partition coefficient (Wildman–Crippen LogP) is 1.22. The van der Waals surface area contributed by atoms with Gasteiger partial charge in [0, 0.05) is 0 Å². The van der Waals surface area contributed by atoms with Gasteiger partial charge in [0.25, 0.3) is 0 Å². The molecule has 0 aliphatic carbocycles. The van der Waals surface area contributed by atoms with Crippen LogP contribution in [0.2, 0.25) is 0 Å². The first-order chi connectivity index (χ1) is 2.27. The van der Waals surface area contributed by atoms with Crippen LogP contribution in [0, 0.1) is 0 Å². The van der Waals surface area contributed by atoms with Crippen molar-refractivity contribution in [2.24, 2.45) is 0 Å². The molecule has 5 heavy (non-hydrogen) atoms. The molecule has 0 saturated carbocycles. The maximum atomic E-state index is 9.60. The molecular formula is CH4O2PS+. The zero-order chi connectivity index (χ0) is 4.28. The molecule has 1 unspecified atom stereocenters. The van der Waals surface area contributed by atoms with E-state index in [-0.39, 0.29) is 0 Å². The van der Waals surface area contributed by atoms with Gasteiger partial charge in [0.05, 0.1) is 7.11 Å². The quantitative estimate of drug-likeness (QED) is 0.406. The predicted molar refractivity (Wildman–Crippen MR) is 23.6 cm³/mol. The van der Waals surface area contributed by atoms with Crippen molar-refractivity contribution in [3.05, 3.63) is 0 Å². The minimum absolute atomic E-state index is 1.34. The Bertz CT molecular complexity index is 44.9. The minimum Gasteiger partial charge on any atom is -0.140 e. The van der Waals surface area contributed by atoms with Gasteiger partial charge in [0.1, 0.15) is 12.2 Å². The van der Waals surface area contributed by atoms with Gasteiger partial charge >= 0.3 is 7.23 Å². The summed E-state index contributed by atoms with van der Waals surface area (Å²) < 4.78 is 13.7. The van der Waals surface area contributed by atoms with Gasteiger partial charge in [-0.15, -0.1) is 4.52 Å². The van der Waals surface area contributed by atoms with E-state index >= 15 is 0 Å². The molecule has 0 amide bonds. The van der Waals surface area contributed by atoms with E-state index in [1.54, 1.807) is 0 Å². The monoisotopic (exact) mass is 111 g/mol. The Hall–Kier alpha value is 0.410. The van der Waals surface area contributed by atoms with E-state index in [0.29, 0.717) is 0 Å². The van der Waals surface area contributed by atoms with E-state index in [1.807, 2.05) is 0 Å². The van der Waals surface area contributed by atoms with Gasteiger partial charge in [-0.25, -0.2) is 0 Å². The van der Waals surface area contributed by atoms with E-state index in [2.05, 4.69) is 16.8 Å². The zero-order valence-corrected chi connectivity index (χ0v) is 4.50. The minimum atomic E-state index is -1.65. The molecule has 0 bridgehead atoms. The lowest BCUT2D eigenvalue weighted by molar-refractivity contribution is 0.429. The second kappa shape index (κ2) is 2.64. The van der Waals surface area contributed by atoms with Crippen LogP contribution in [0.3, 0.4) is 0 Å². The van der Waals surface area contributed by atoms with Crippen LogP contribution >= 0.6 is 19.5 Å². The Balaban J connectivity index is 2.85. The van der Waals surface area contributed by atoms with Crippen molar-refractivity contribution in [3.63, 3.8) is 0 Å². The lowest BCUT2D eigenvalue weighted by Crippen LogP contribution is -1.50. The molecule has 0 saturated heterocycles. The van der Waals surface area contributed by atoms with Gasteiger partial charge in [-0.05, 0) is 4.57 Å². The molecule has 0 radical (unpaired) electrons. The molecule has 30 valence electrons. The second-order valence-corrected chi connectivity index (χ2v) is 2.24. The molecule has 0 rings (SSSR count). The molecule has 0 aliphatic heterocycles. The highest BCUT2D eigenvalue weighted by molar-refractivity contribution is 8.39. The molecule has 0 fully saturated rings. The third-order valence-electron chi connectivity index (χ3n) is 0.156. The summed E-state index contributed by atoms with van der Waals surface area (Å²) in [5, 5.41) is 0. The highest BCUT2D eigenvalue weighted by Gasteiger charge is 1.99. The van der Waals surface area contributed by atoms with E-state index in [0.717, 1.165) is 0 Å². The Labute approximate surface area is 36.5 Å². The van der Waals surface area contributed by atoms with Crippen molar-refractivity contribution >= 4 is 19.5 Å². The van der Waals surface area contributed by atoms with E-state index in [1.165, 1.54) is 7.11 Å². The first kappa shape index (κ1) is 5.41. The van der Waals surface area contributed by atoms with E-state index in [9.17, 15) is 4.57 Å². The molecule has 0 aliphatic rings. The van der Waals surface area contributed by atoms with Crippen LogP contribution in [0.25, 0.3) is 0 Å². The third-order valence-corrected chi connectivity index (χ3v) is 0.958. The Morgan fingerprint density at radius 1 is 2.00 bits per heavy atom. The highest BCUT2D eigenvalue weighted by atomic mass is 32.7. The summed E-state index contributed by atoms with van der Waals surface area (Å²) in [4.78, 5) is 0. The Morgan fingerprint density at radius 2 is 2.20 bits per heavy atom. The van der Waals surface area contributed by atoms with Gasteiger partial charge in [0.15, 0.2) is 0 Å². The summed E-state index contributed by atoms with van der Waals surface area (Å²) in [6.07, 6.45) is 0. The van der Waals surface area contributed by atoms with Crippen LogP contribution in [0.4, 0.5) is 0 Å². The SMILES string of the molecule is CO[P+](=O)S. The second-order valence-electron chi connectivity index (χ2n) is 0.420. The average molecular weight is 111 g/mol. The normalized spacial score (nSPS) is 11.2. The van der Waals surface area contributed by atoms with Crippen LogP contribution in [0.15, 0.2) is 0 Å². The number of rotatable bonds is 1. The maximum Gasteiger partial charge on any atom is 0.581 e. The van der Waals surface area contributed by atoms with Crippen LogP contribution in [0.1, 0.15) is 0 Å². The largest absolute Gasteiger partial charge is 0.581 e. The topological polar surface area (TPSA) is 26.3 Å². The lowest BCUT2D eigenvalue weighted by Gasteiger charge is -1.56. The van der Waals surface area contributed by atoms with E-state index in [4.69, 9.17) is 0 Å². The average Bonchev–Trinajstić information content (AvgIpc) is 1.38. The summed E-state index contributed by atoms with van der Waals surface area (Å²) in [7, 11) is -0.315. The fourth-order valence-electron chi connectivity index (χ4n) is 0. The Kier molecular flexibility index (Phi) is 2.85. The van der Waals surface area contributed by atoms with Crippen LogP contribution in [-0.4, -0.2) is 7.11 Å². The molecule has 0 aromatic heterocycles. The van der Waals surface area contributed by atoms with Crippen LogP contribution in [-0.2, 0) is 9.09 Å². The van der Waals surface area contributed by atoms with Gasteiger partial charge in [0.2, 0.25) is 0 Å². The molecule has 4 heteroatoms. The fourth-order valence-corrected chi connectivity index (χ4v) is 0. The summed E-state index contributed by atoms with van der Waals surface area (Å²) in [5.74, 6) is 0. The van der Waals surface area contributed by atoms with Gasteiger partial charge in [-0.3, -0.25) is 0 Å². The van der Waals surface area contributed by atoms with E-state index < -0.39 is 7.23 Å². The molecule has 0 aromatic rings. The van der Waals surface area contributed by atoms with Crippen molar-refractivity contribution in [1.82, 2.24) is 0 Å². The first-order valence-electron chi connectivity index (χ1n) is 0.973. The molecule has 0 spiro atoms. The van der Waals surface area contributed by atoms with Crippen molar-refractivity contribution in [2.75, 3.05) is 7.11 Å². The summed E-state index contributed by atoms with van der Waals surface area (Å²) >= 11 is 3.39. The summed E-state index contributed by atoms with van der Waals surface area (Å²) in [5.41, 5.74) is 0. The molecule has 0 aromatic carbocycles. The van der Waals surface area contributed by atoms with Crippen molar-refractivity contribution in [1.29, 1.82) is 0 Å². The van der Waals surface area contributed by atoms with Gasteiger partial charge in [-0.1, -0.05) is 0 Å². The fraction of sp³-hybridized carbons (Fsp3) is 1.00. The van der Waals surface area contributed by atoms with Crippen molar-refractivity contribution in [3.8, 4) is 0 Å². The smallest absolute Gasteiger partial charge is 0.140 e. The summed E-state index contributed by atoms with van der Waals surface area (Å²) in [6, 6.07) is 0. The first-order valence-corrected chi connectivity index (χ1v) is 3.30. The molecule has 0 N–H and O–H groups in total. The Morgan fingerprint density at radius 3 is 2.20 bits per heavy atom. The van der Waals surface area contributed by atoms with Gasteiger partial charge in [-0.2, -0.15) is 0 Å².